The first kappa shape index (κ1) is 26.6. The Hall–Kier alpha value is -3.51. The van der Waals surface area contributed by atoms with E-state index in [1.807, 2.05) is 0 Å². The molecule has 0 spiro atoms. The van der Waals surface area contributed by atoms with Crippen molar-refractivity contribution in [3.05, 3.63) is 77.6 Å². The van der Waals surface area contributed by atoms with Gasteiger partial charge in [0, 0.05) is 29.3 Å². The van der Waals surface area contributed by atoms with Crippen LogP contribution in [-0.2, 0) is 19.6 Å². The molecule has 0 heterocycles. The van der Waals surface area contributed by atoms with E-state index in [2.05, 4.69) is 16.0 Å². The lowest BCUT2D eigenvalue weighted by molar-refractivity contribution is -0.119. The average Bonchev–Trinajstić information content (AvgIpc) is 3.54. The molecule has 1 aliphatic rings. The van der Waals surface area contributed by atoms with Crippen LogP contribution in [0.1, 0.15) is 6.42 Å². The summed E-state index contributed by atoms with van der Waals surface area (Å²) in [5.74, 6) is -1.73. The summed E-state index contributed by atoms with van der Waals surface area (Å²) in [6, 6.07) is 15.7. The van der Waals surface area contributed by atoms with Gasteiger partial charge >= 0.3 is 6.03 Å². The Bertz CT molecular complexity index is 1450. The minimum absolute atomic E-state index is 0.135. The van der Waals surface area contributed by atoms with Crippen molar-refractivity contribution in [1.82, 2.24) is 5.32 Å². The van der Waals surface area contributed by atoms with E-state index in [0.717, 1.165) is 6.07 Å². The second-order valence-corrected chi connectivity index (χ2v) is 10.6. The van der Waals surface area contributed by atoms with Crippen molar-refractivity contribution in [1.29, 1.82) is 0 Å². The number of anilines is 2. The number of sulfonamides is 1. The fraction of sp³-hybridized carbons (Fsp3) is 0.200. The molecule has 4 rings (SSSR count). The highest BCUT2D eigenvalue weighted by Crippen LogP contribution is 2.45. The number of hydrogen-bond donors (Lipinski definition) is 4. The summed E-state index contributed by atoms with van der Waals surface area (Å²) in [7, 11) is -2.56. The van der Waals surface area contributed by atoms with Crippen LogP contribution in [0.15, 0.2) is 71.6 Å². The second kappa shape index (κ2) is 10.5. The summed E-state index contributed by atoms with van der Waals surface area (Å²) in [6.45, 7) is 0.209. The van der Waals surface area contributed by atoms with Crippen LogP contribution in [0, 0.1) is 11.7 Å². The number of amides is 3. The molecule has 9 nitrogen and oxygen atoms in total. The molecule has 0 aromatic heterocycles. The van der Waals surface area contributed by atoms with E-state index in [4.69, 9.17) is 21.5 Å². The molecule has 12 heteroatoms. The number of rotatable bonds is 8. The van der Waals surface area contributed by atoms with Gasteiger partial charge in [-0.15, -0.1) is 0 Å². The van der Waals surface area contributed by atoms with Gasteiger partial charge in [-0.1, -0.05) is 35.9 Å². The highest BCUT2D eigenvalue weighted by molar-refractivity contribution is 7.89. The number of halogens is 2. The van der Waals surface area contributed by atoms with Gasteiger partial charge in [0.25, 0.3) is 5.91 Å². The molecule has 194 valence electrons. The van der Waals surface area contributed by atoms with Crippen LogP contribution in [-0.4, -0.2) is 39.6 Å². The number of primary sulfonamides is 1. The van der Waals surface area contributed by atoms with Crippen molar-refractivity contribution in [3.63, 3.8) is 0 Å². The van der Waals surface area contributed by atoms with Gasteiger partial charge in [-0.25, -0.2) is 22.7 Å². The molecule has 2 atom stereocenters. The number of methoxy groups -OCH3 is 1. The number of hydrogen-bond acceptors (Lipinski definition) is 5. The fourth-order valence-electron chi connectivity index (χ4n) is 4.09. The minimum Gasteiger partial charge on any atom is -0.384 e. The number of benzene rings is 3. The topological polar surface area (TPSA) is 140 Å². The highest BCUT2D eigenvalue weighted by atomic mass is 35.5. The average molecular weight is 547 g/mol. The Morgan fingerprint density at radius 2 is 1.81 bits per heavy atom. The molecule has 3 amide bonds. The predicted octanol–water partition coefficient (Wildman–Crippen LogP) is 3.96. The number of ether oxygens (including phenoxy) is 1. The summed E-state index contributed by atoms with van der Waals surface area (Å²) in [5, 5.41) is 13.6. The van der Waals surface area contributed by atoms with Crippen LogP contribution in [0.4, 0.5) is 20.6 Å². The molecule has 1 fully saturated rings. The molecule has 3 aromatic carbocycles. The van der Waals surface area contributed by atoms with Crippen molar-refractivity contribution < 1.29 is 27.1 Å². The van der Waals surface area contributed by atoms with Crippen molar-refractivity contribution in [3.8, 4) is 11.1 Å². The molecule has 5 N–H and O–H groups in total. The van der Waals surface area contributed by atoms with Gasteiger partial charge in [0.05, 0.1) is 17.2 Å². The third kappa shape index (κ3) is 5.91. The highest BCUT2D eigenvalue weighted by Gasteiger charge is 2.61. The van der Waals surface area contributed by atoms with Gasteiger partial charge in [0.2, 0.25) is 10.0 Å². The number of carbonyl (C=O) groups excluding carboxylic acids is 2. The molecule has 2 unspecified atom stereocenters. The van der Waals surface area contributed by atoms with Gasteiger partial charge < -0.3 is 20.7 Å². The maximum absolute atomic E-state index is 15.0. The van der Waals surface area contributed by atoms with Gasteiger partial charge in [-0.2, -0.15) is 0 Å². The standard InChI is InChI=1S/C25H24ClFN4O5S/c1-36-14-16-13-25(16,31-24(33)29-18-9-7-17(26)8-10-18)23(32)30-21-11-6-15(12-20(21)27)19-4-2-3-5-22(19)37(28,34)35/h2-12,16H,13-14H2,1H3,(H,30,32)(H2,28,34,35)(H2,29,31,33). The number of nitrogens with two attached hydrogens (primary N) is 1. The fourth-order valence-corrected chi connectivity index (χ4v) is 4.98. The lowest BCUT2D eigenvalue weighted by Crippen LogP contribution is -2.50. The molecule has 3 aromatic rings. The van der Waals surface area contributed by atoms with E-state index in [9.17, 15) is 18.0 Å². The Morgan fingerprint density at radius 3 is 2.46 bits per heavy atom. The summed E-state index contributed by atoms with van der Waals surface area (Å²) in [5.41, 5.74) is -0.482. The van der Waals surface area contributed by atoms with Crippen LogP contribution in [0.3, 0.4) is 0 Å². The molecule has 0 saturated heterocycles. The Balaban J connectivity index is 1.53. The molecule has 1 aliphatic carbocycles. The molecular formula is C25H24ClFN4O5S. The number of urea groups is 1. The third-order valence-electron chi connectivity index (χ3n) is 6.04. The Labute approximate surface area is 218 Å². The molecule has 37 heavy (non-hydrogen) atoms. The molecule has 0 aliphatic heterocycles. The summed E-state index contributed by atoms with van der Waals surface area (Å²) in [4.78, 5) is 25.7. The third-order valence-corrected chi connectivity index (χ3v) is 7.26. The summed E-state index contributed by atoms with van der Waals surface area (Å²) < 4.78 is 44.0. The minimum atomic E-state index is -4.04. The predicted molar refractivity (Wildman–Crippen MR) is 138 cm³/mol. The van der Waals surface area contributed by atoms with Crippen LogP contribution in [0.25, 0.3) is 11.1 Å². The normalized spacial score (nSPS) is 18.6. The molecule has 0 radical (unpaired) electrons. The van der Waals surface area contributed by atoms with Crippen molar-refractivity contribution in [2.24, 2.45) is 11.1 Å². The number of carbonyl (C=O) groups is 2. The van der Waals surface area contributed by atoms with E-state index in [-0.39, 0.29) is 34.2 Å². The zero-order chi connectivity index (χ0) is 26.8. The van der Waals surface area contributed by atoms with Crippen molar-refractivity contribution >= 4 is 44.9 Å². The maximum Gasteiger partial charge on any atom is 0.320 e. The van der Waals surface area contributed by atoms with E-state index >= 15 is 4.39 Å². The van der Waals surface area contributed by atoms with Gasteiger partial charge in [0.1, 0.15) is 11.4 Å². The zero-order valence-electron chi connectivity index (χ0n) is 19.6. The molecule has 0 bridgehead atoms. The van der Waals surface area contributed by atoms with Crippen LogP contribution in [0.2, 0.25) is 5.02 Å². The smallest absolute Gasteiger partial charge is 0.320 e. The van der Waals surface area contributed by atoms with E-state index in [1.165, 1.54) is 37.4 Å². The van der Waals surface area contributed by atoms with E-state index in [1.54, 1.807) is 30.3 Å². The number of nitrogens with one attached hydrogen (secondary N) is 3. The van der Waals surface area contributed by atoms with Gasteiger partial charge in [-0.3, -0.25) is 4.79 Å². The Kier molecular flexibility index (Phi) is 7.51. The van der Waals surface area contributed by atoms with Gasteiger partial charge in [0.15, 0.2) is 0 Å². The first-order valence-electron chi connectivity index (χ1n) is 11.1. The van der Waals surface area contributed by atoms with Crippen LogP contribution in [0.5, 0.6) is 0 Å². The van der Waals surface area contributed by atoms with E-state index < -0.39 is 33.3 Å². The molecular weight excluding hydrogens is 523 g/mol. The lowest BCUT2D eigenvalue weighted by Gasteiger charge is -2.20. The quantitative estimate of drug-likeness (QED) is 0.338. The largest absolute Gasteiger partial charge is 0.384 e. The summed E-state index contributed by atoms with van der Waals surface area (Å²) >= 11 is 5.86. The summed E-state index contributed by atoms with van der Waals surface area (Å²) in [6.07, 6.45) is 0.294. The van der Waals surface area contributed by atoms with Crippen LogP contribution < -0.4 is 21.1 Å². The molecule has 1 saturated carbocycles. The lowest BCUT2D eigenvalue weighted by atomic mass is 10.0. The van der Waals surface area contributed by atoms with Crippen molar-refractivity contribution in [2.75, 3.05) is 24.4 Å². The first-order chi connectivity index (χ1) is 17.5. The zero-order valence-corrected chi connectivity index (χ0v) is 21.2. The Morgan fingerprint density at radius 1 is 1.11 bits per heavy atom. The van der Waals surface area contributed by atoms with Crippen molar-refractivity contribution in [2.45, 2.75) is 16.9 Å². The van der Waals surface area contributed by atoms with E-state index in [0.29, 0.717) is 17.1 Å². The monoisotopic (exact) mass is 546 g/mol. The van der Waals surface area contributed by atoms with Crippen LogP contribution >= 0.6 is 11.6 Å². The maximum atomic E-state index is 15.0. The first-order valence-corrected chi connectivity index (χ1v) is 13.0. The van der Waals surface area contributed by atoms with Gasteiger partial charge in [-0.05, 0) is 54.4 Å². The second-order valence-electron chi connectivity index (χ2n) is 8.60. The SMILES string of the molecule is COCC1CC1(NC(=O)Nc1ccc(Cl)cc1)C(=O)Nc1ccc(-c2ccccc2S(N)(=O)=O)cc1F.